The summed E-state index contributed by atoms with van der Waals surface area (Å²) in [7, 11) is 1.94. The summed E-state index contributed by atoms with van der Waals surface area (Å²) < 4.78 is 1.06. The van der Waals surface area contributed by atoms with Gasteiger partial charge in [0.1, 0.15) is 11.6 Å². The highest BCUT2D eigenvalue weighted by Crippen LogP contribution is 2.47. The zero-order valence-corrected chi connectivity index (χ0v) is 15.1. The summed E-state index contributed by atoms with van der Waals surface area (Å²) in [6.07, 6.45) is 3.72. The van der Waals surface area contributed by atoms with Gasteiger partial charge in [-0.2, -0.15) is 11.8 Å². The minimum absolute atomic E-state index is 0.441. The topological polar surface area (TPSA) is 37.8 Å². The molecule has 110 valence electrons. The Morgan fingerprint density at radius 3 is 2.65 bits per heavy atom. The van der Waals surface area contributed by atoms with Crippen molar-refractivity contribution in [1.29, 1.82) is 0 Å². The molecule has 1 saturated carbocycles. The molecule has 2 aliphatic rings. The van der Waals surface area contributed by atoms with Gasteiger partial charge >= 0.3 is 0 Å². The summed E-state index contributed by atoms with van der Waals surface area (Å²) in [6.45, 7) is 2.27. The quantitative estimate of drug-likeness (QED) is 0.842. The SMILES string of the molecule is CCC1SCCSC1c1nc(NC)c(Br)c(C2CC2)n1. The second-order valence-corrected chi connectivity index (χ2v) is 8.65. The molecular weight excluding hydrogens is 354 g/mol. The number of nitrogens with zero attached hydrogens (tertiary/aromatic N) is 2. The molecule has 2 unspecified atom stereocenters. The van der Waals surface area contributed by atoms with Crippen LogP contribution in [-0.2, 0) is 0 Å². The van der Waals surface area contributed by atoms with Gasteiger partial charge in [-0.25, -0.2) is 9.97 Å². The van der Waals surface area contributed by atoms with E-state index in [1.807, 2.05) is 18.8 Å². The van der Waals surface area contributed by atoms with E-state index < -0.39 is 0 Å². The normalized spacial score (nSPS) is 26.6. The fourth-order valence-corrected chi connectivity index (χ4v) is 6.24. The van der Waals surface area contributed by atoms with Gasteiger partial charge in [0.15, 0.2) is 0 Å². The van der Waals surface area contributed by atoms with Gasteiger partial charge in [-0.1, -0.05) is 6.92 Å². The summed E-state index contributed by atoms with van der Waals surface area (Å²) in [6, 6.07) is 0. The van der Waals surface area contributed by atoms with Crippen molar-refractivity contribution in [3.63, 3.8) is 0 Å². The predicted molar refractivity (Wildman–Crippen MR) is 93.0 cm³/mol. The maximum atomic E-state index is 4.93. The summed E-state index contributed by atoms with van der Waals surface area (Å²) in [5.41, 5.74) is 1.21. The van der Waals surface area contributed by atoms with Crippen LogP contribution in [0, 0.1) is 0 Å². The van der Waals surface area contributed by atoms with E-state index in [4.69, 9.17) is 9.97 Å². The van der Waals surface area contributed by atoms with Crippen molar-refractivity contribution in [2.75, 3.05) is 23.9 Å². The average molecular weight is 374 g/mol. The molecule has 0 spiro atoms. The van der Waals surface area contributed by atoms with Gasteiger partial charge in [-0.05, 0) is 35.2 Å². The highest BCUT2D eigenvalue weighted by molar-refractivity contribution is 9.10. The lowest BCUT2D eigenvalue weighted by Crippen LogP contribution is -2.21. The molecule has 0 aromatic carbocycles. The molecular formula is C14H20BrN3S2. The second kappa shape index (κ2) is 6.44. The van der Waals surface area contributed by atoms with Gasteiger partial charge in [-0.15, -0.1) is 11.8 Å². The molecule has 20 heavy (non-hydrogen) atoms. The molecule has 0 bridgehead atoms. The highest BCUT2D eigenvalue weighted by Gasteiger charge is 2.33. The summed E-state index contributed by atoms with van der Waals surface area (Å²) in [5, 5.41) is 4.30. The number of thioether (sulfide) groups is 2. The molecule has 1 saturated heterocycles. The second-order valence-electron chi connectivity index (χ2n) is 5.26. The van der Waals surface area contributed by atoms with Crippen molar-refractivity contribution in [1.82, 2.24) is 9.97 Å². The minimum Gasteiger partial charge on any atom is -0.372 e. The van der Waals surface area contributed by atoms with E-state index >= 15 is 0 Å². The number of halogens is 1. The Labute approximate surface area is 137 Å². The van der Waals surface area contributed by atoms with Crippen molar-refractivity contribution in [2.24, 2.45) is 0 Å². The zero-order chi connectivity index (χ0) is 14.1. The summed E-state index contributed by atoms with van der Waals surface area (Å²) in [4.78, 5) is 9.71. The molecule has 2 heterocycles. The van der Waals surface area contributed by atoms with Gasteiger partial charge in [0.2, 0.25) is 0 Å². The van der Waals surface area contributed by atoms with Gasteiger partial charge in [-0.3, -0.25) is 0 Å². The first-order chi connectivity index (χ1) is 9.74. The Kier molecular flexibility index (Phi) is 4.82. The summed E-state index contributed by atoms with van der Waals surface area (Å²) in [5.74, 6) is 5.08. The Balaban J connectivity index is 1.97. The van der Waals surface area contributed by atoms with Gasteiger partial charge in [0, 0.05) is 29.7 Å². The number of anilines is 1. The van der Waals surface area contributed by atoms with Crippen LogP contribution in [0.3, 0.4) is 0 Å². The number of hydrogen-bond donors (Lipinski definition) is 1. The number of hydrogen-bond acceptors (Lipinski definition) is 5. The van der Waals surface area contributed by atoms with Crippen molar-refractivity contribution in [3.8, 4) is 0 Å². The monoisotopic (exact) mass is 373 g/mol. The zero-order valence-electron chi connectivity index (χ0n) is 11.9. The largest absolute Gasteiger partial charge is 0.372 e. The Hall–Kier alpha value is 0.0600. The van der Waals surface area contributed by atoms with Crippen LogP contribution in [-0.4, -0.2) is 33.8 Å². The van der Waals surface area contributed by atoms with Crippen LogP contribution in [0.2, 0.25) is 0 Å². The van der Waals surface area contributed by atoms with E-state index in [9.17, 15) is 0 Å². The van der Waals surface area contributed by atoms with Gasteiger partial charge in [0.05, 0.1) is 15.4 Å². The maximum absolute atomic E-state index is 4.93. The van der Waals surface area contributed by atoms with Crippen LogP contribution in [0.25, 0.3) is 0 Å². The number of rotatable bonds is 4. The first kappa shape index (κ1) is 15.0. The molecule has 1 aliphatic carbocycles. The smallest absolute Gasteiger partial charge is 0.145 e. The summed E-state index contributed by atoms with van der Waals surface area (Å²) >= 11 is 7.78. The highest BCUT2D eigenvalue weighted by atomic mass is 79.9. The fourth-order valence-electron chi connectivity index (χ4n) is 2.54. The van der Waals surface area contributed by atoms with Crippen molar-refractivity contribution >= 4 is 45.3 Å². The van der Waals surface area contributed by atoms with Crippen molar-refractivity contribution < 1.29 is 0 Å². The Morgan fingerprint density at radius 1 is 1.25 bits per heavy atom. The van der Waals surface area contributed by atoms with Crippen LogP contribution in [0.4, 0.5) is 5.82 Å². The lowest BCUT2D eigenvalue weighted by molar-refractivity contribution is 0.739. The third-order valence-corrected chi connectivity index (χ3v) is 7.83. The molecule has 2 atom stereocenters. The average Bonchev–Trinajstić information content (AvgIpc) is 3.32. The first-order valence-electron chi connectivity index (χ1n) is 7.22. The third-order valence-electron chi connectivity index (χ3n) is 3.80. The van der Waals surface area contributed by atoms with E-state index in [0.717, 1.165) is 16.1 Å². The molecule has 0 amide bonds. The van der Waals surface area contributed by atoms with E-state index in [0.29, 0.717) is 16.4 Å². The predicted octanol–water partition coefficient (Wildman–Crippen LogP) is 4.46. The molecule has 1 aromatic rings. The van der Waals surface area contributed by atoms with Crippen LogP contribution < -0.4 is 5.32 Å². The Bertz CT molecular complexity index is 494. The van der Waals surface area contributed by atoms with E-state index in [1.54, 1.807) is 0 Å². The molecule has 1 N–H and O–H groups in total. The third kappa shape index (κ3) is 2.97. The van der Waals surface area contributed by atoms with Crippen molar-refractivity contribution in [3.05, 3.63) is 16.0 Å². The van der Waals surface area contributed by atoms with E-state index in [2.05, 4.69) is 39.9 Å². The Morgan fingerprint density at radius 2 is 2.00 bits per heavy atom. The van der Waals surface area contributed by atoms with Crippen LogP contribution in [0.15, 0.2) is 4.47 Å². The standard InChI is InChI=1S/C14H20BrN3S2/c1-3-9-12(20-7-6-19-9)14-17-11(8-4-5-8)10(15)13(16-2)18-14/h8-9,12H,3-7H2,1-2H3,(H,16,17,18). The van der Waals surface area contributed by atoms with Crippen LogP contribution in [0.1, 0.15) is 48.9 Å². The molecule has 0 radical (unpaired) electrons. The first-order valence-corrected chi connectivity index (χ1v) is 10.1. The van der Waals surface area contributed by atoms with Crippen molar-refractivity contribution in [2.45, 2.75) is 42.6 Å². The number of nitrogens with one attached hydrogen (secondary N) is 1. The maximum Gasteiger partial charge on any atom is 0.145 e. The molecule has 3 rings (SSSR count). The lowest BCUT2D eigenvalue weighted by Gasteiger charge is -2.29. The number of aromatic nitrogens is 2. The molecule has 1 aromatic heterocycles. The molecule has 6 heteroatoms. The molecule has 2 fully saturated rings. The molecule has 3 nitrogen and oxygen atoms in total. The van der Waals surface area contributed by atoms with E-state index in [1.165, 1.54) is 36.5 Å². The van der Waals surface area contributed by atoms with Crippen LogP contribution >= 0.6 is 39.5 Å². The minimum atomic E-state index is 0.441. The molecule has 1 aliphatic heterocycles. The fraction of sp³-hybridized carbons (Fsp3) is 0.714. The lowest BCUT2D eigenvalue weighted by atomic mass is 10.2. The van der Waals surface area contributed by atoms with Gasteiger partial charge < -0.3 is 5.32 Å². The van der Waals surface area contributed by atoms with Crippen LogP contribution in [0.5, 0.6) is 0 Å². The van der Waals surface area contributed by atoms with E-state index in [-0.39, 0.29) is 0 Å². The van der Waals surface area contributed by atoms with Gasteiger partial charge in [0.25, 0.3) is 0 Å².